The van der Waals surface area contributed by atoms with Crippen LogP contribution in [-0.2, 0) is 0 Å². The van der Waals surface area contributed by atoms with E-state index in [1.54, 1.807) is 12.1 Å². The molecular formula is C20H14N2O7. The summed E-state index contributed by atoms with van der Waals surface area (Å²) in [5.74, 6) is -2.89. The highest BCUT2D eigenvalue weighted by Crippen LogP contribution is 2.25. The standard InChI is InChI=1S/C20H14N2O7/c23-16-4-2-1-3-15(16)18(24)22-21-10-14-5-6-17(29-14)11-7-12(19(25)26)9-13(8-11)20(27)28/h1-10,23H,(H,22,24)(H,25,26)(H,27,28)/b21-10+. The summed E-state index contributed by atoms with van der Waals surface area (Å²) in [4.78, 5) is 34.4. The number of aromatic hydroxyl groups is 1. The number of hydrazone groups is 1. The summed E-state index contributed by atoms with van der Waals surface area (Å²) >= 11 is 0. The Balaban J connectivity index is 1.78. The largest absolute Gasteiger partial charge is 0.507 e. The minimum absolute atomic E-state index is 0.0523. The fraction of sp³-hybridized carbons (Fsp3) is 0. The van der Waals surface area contributed by atoms with Gasteiger partial charge in [-0.25, -0.2) is 15.0 Å². The molecule has 1 aromatic heterocycles. The van der Waals surface area contributed by atoms with Crippen molar-refractivity contribution < 1.29 is 34.1 Å². The molecule has 0 aliphatic rings. The van der Waals surface area contributed by atoms with E-state index in [1.807, 2.05) is 0 Å². The minimum atomic E-state index is -1.27. The molecular weight excluding hydrogens is 380 g/mol. The molecule has 0 aliphatic carbocycles. The Morgan fingerprint density at radius 1 is 0.931 bits per heavy atom. The smallest absolute Gasteiger partial charge is 0.335 e. The number of benzene rings is 2. The summed E-state index contributed by atoms with van der Waals surface area (Å²) in [5.41, 5.74) is 2.17. The van der Waals surface area contributed by atoms with Gasteiger partial charge in [0.15, 0.2) is 0 Å². The number of hydrogen-bond donors (Lipinski definition) is 4. The van der Waals surface area contributed by atoms with E-state index >= 15 is 0 Å². The number of phenolic OH excluding ortho intramolecular Hbond substituents is 1. The molecule has 1 heterocycles. The van der Waals surface area contributed by atoms with Gasteiger partial charge in [-0.2, -0.15) is 5.10 Å². The fourth-order valence-corrected chi connectivity index (χ4v) is 2.47. The number of amides is 1. The molecule has 3 rings (SSSR count). The summed E-state index contributed by atoms with van der Waals surface area (Å²) in [6.07, 6.45) is 1.21. The Kier molecular flexibility index (Phi) is 5.40. The number of nitrogens with zero attached hydrogens (tertiary/aromatic N) is 1. The summed E-state index contributed by atoms with van der Waals surface area (Å²) in [5, 5.41) is 31.7. The van der Waals surface area contributed by atoms with Gasteiger partial charge in [0.1, 0.15) is 17.3 Å². The molecule has 0 radical (unpaired) electrons. The first kappa shape index (κ1) is 19.4. The lowest BCUT2D eigenvalue weighted by molar-refractivity contribution is 0.0696. The molecule has 146 valence electrons. The number of nitrogens with one attached hydrogen (secondary N) is 1. The Morgan fingerprint density at radius 3 is 2.21 bits per heavy atom. The Bertz CT molecular complexity index is 1100. The third kappa shape index (κ3) is 4.48. The highest BCUT2D eigenvalue weighted by atomic mass is 16.4. The molecule has 3 aromatic rings. The SMILES string of the molecule is O=C(O)c1cc(C(=O)O)cc(-c2ccc(/C=N/NC(=O)c3ccccc3O)o2)c1. The van der Waals surface area contributed by atoms with Crippen LogP contribution < -0.4 is 5.43 Å². The molecule has 0 saturated heterocycles. The lowest BCUT2D eigenvalue weighted by Crippen LogP contribution is -2.17. The topological polar surface area (TPSA) is 149 Å². The molecule has 9 nitrogen and oxygen atoms in total. The van der Waals surface area contributed by atoms with Gasteiger partial charge in [0.05, 0.1) is 22.9 Å². The van der Waals surface area contributed by atoms with Crippen LogP contribution in [-0.4, -0.2) is 39.4 Å². The zero-order valence-electron chi connectivity index (χ0n) is 14.7. The number of carbonyl (C=O) groups excluding carboxylic acids is 1. The van der Waals surface area contributed by atoms with E-state index in [4.69, 9.17) is 14.6 Å². The van der Waals surface area contributed by atoms with Crippen LogP contribution in [0.2, 0.25) is 0 Å². The van der Waals surface area contributed by atoms with Crippen molar-refractivity contribution in [3.8, 4) is 17.1 Å². The Labute approximate surface area is 163 Å². The molecule has 0 fully saturated rings. The average Bonchev–Trinajstić information content (AvgIpc) is 3.16. The number of carboxylic acids is 2. The van der Waals surface area contributed by atoms with E-state index in [0.29, 0.717) is 0 Å². The van der Waals surface area contributed by atoms with Gasteiger partial charge in [0, 0.05) is 5.56 Å². The molecule has 0 saturated carbocycles. The van der Waals surface area contributed by atoms with Crippen LogP contribution in [0.3, 0.4) is 0 Å². The summed E-state index contributed by atoms with van der Waals surface area (Å²) in [6, 6.07) is 12.6. The van der Waals surface area contributed by atoms with Gasteiger partial charge < -0.3 is 19.7 Å². The minimum Gasteiger partial charge on any atom is -0.507 e. The van der Waals surface area contributed by atoms with Crippen molar-refractivity contribution in [3.63, 3.8) is 0 Å². The van der Waals surface area contributed by atoms with Gasteiger partial charge in [-0.3, -0.25) is 4.79 Å². The van der Waals surface area contributed by atoms with Gasteiger partial charge in [-0.15, -0.1) is 0 Å². The van der Waals surface area contributed by atoms with Gasteiger partial charge >= 0.3 is 11.9 Å². The normalized spacial score (nSPS) is 10.8. The molecule has 0 aliphatic heterocycles. The van der Waals surface area contributed by atoms with Gasteiger partial charge in [-0.1, -0.05) is 12.1 Å². The number of para-hydroxylation sites is 1. The molecule has 4 N–H and O–H groups in total. The maximum Gasteiger partial charge on any atom is 0.335 e. The fourth-order valence-electron chi connectivity index (χ4n) is 2.47. The van der Waals surface area contributed by atoms with Crippen molar-refractivity contribution in [1.82, 2.24) is 5.43 Å². The van der Waals surface area contributed by atoms with E-state index in [-0.39, 0.29) is 39.5 Å². The maximum absolute atomic E-state index is 12.0. The van der Waals surface area contributed by atoms with Gasteiger partial charge in [0.2, 0.25) is 0 Å². The van der Waals surface area contributed by atoms with Crippen molar-refractivity contribution in [3.05, 3.63) is 77.0 Å². The number of rotatable bonds is 6. The predicted octanol–water partition coefficient (Wildman–Crippen LogP) is 2.81. The second-order valence-corrected chi connectivity index (χ2v) is 5.83. The summed E-state index contributed by atoms with van der Waals surface area (Å²) < 4.78 is 5.51. The van der Waals surface area contributed by atoms with Crippen LogP contribution in [0.5, 0.6) is 5.75 Å². The van der Waals surface area contributed by atoms with Crippen molar-refractivity contribution in [2.75, 3.05) is 0 Å². The van der Waals surface area contributed by atoms with Gasteiger partial charge in [0.25, 0.3) is 5.91 Å². The first-order valence-corrected chi connectivity index (χ1v) is 8.18. The highest BCUT2D eigenvalue weighted by Gasteiger charge is 2.14. The molecule has 0 spiro atoms. The number of carbonyl (C=O) groups is 3. The summed E-state index contributed by atoms with van der Waals surface area (Å²) in [7, 11) is 0. The lowest BCUT2D eigenvalue weighted by Gasteiger charge is -2.03. The van der Waals surface area contributed by atoms with Crippen molar-refractivity contribution in [2.45, 2.75) is 0 Å². The second kappa shape index (κ2) is 8.09. The number of aromatic carboxylic acids is 2. The molecule has 0 unspecified atom stereocenters. The van der Waals surface area contributed by atoms with Crippen LogP contribution in [0.25, 0.3) is 11.3 Å². The maximum atomic E-state index is 12.0. The van der Waals surface area contributed by atoms with E-state index < -0.39 is 17.8 Å². The van der Waals surface area contributed by atoms with Crippen LogP contribution >= 0.6 is 0 Å². The number of furan rings is 1. The molecule has 2 aromatic carbocycles. The zero-order valence-corrected chi connectivity index (χ0v) is 14.7. The van der Waals surface area contributed by atoms with Crippen LogP contribution in [0.1, 0.15) is 36.8 Å². The summed E-state index contributed by atoms with van der Waals surface area (Å²) in [6.45, 7) is 0. The lowest BCUT2D eigenvalue weighted by atomic mass is 10.0. The first-order valence-electron chi connectivity index (χ1n) is 8.18. The quantitative estimate of drug-likeness (QED) is 0.371. The third-order valence-electron chi connectivity index (χ3n) is 3.84. The zero-order chi connectivity index (χ0) is 21.0. The number of hydrogen-bond acceptors (Lipinski definition) is 6. The van der Waals surface area contributed by atoms with E-state index in [9.17, 15) is 19.5 Å². The highest BCUT2D eigenvalue weighted by molar-refractivity contribution is 5.97. The van der Waals surface area contributed by atoms with Crippen molar-refractivity contribution in [1.29, 1.82) is 0 Å². The number of carboxylic acid groups (broad SMARTS) is 2. The molecule has 9 heteroatoms. The molecule has 29 heavy (non-hydrogen) atoms. The molecule has 0 atom stereocenters. The molecule has 1 amide bonds. The van der Waals surface area contributed by atoms with Crippen LogP contribution in [0, 0.1) is 0 Å². The molecule has 0 bridgehead atoms. The van der Waals surface area contributed by atoms with Crippen molar-refractivity contribution >= 4 is 24.1 Å². The predicted molar refractivity (Wildman–Crippen MR) is 101 cm³/mol. The van der Waals surface area contributed by atoms with E-state index in [1.165, 1.54) is 42.6 Å². The first-order chi connectivity index (χ1) is 13.8. The van der Waals surface area contributed by atoms with E-state index in [0.717, 1.165) is 6.07 Å². The average molecular weight is 394 g/mol. The second-order valence-electron chi connectivity index (χ2n) is 5.83. The Hall–Kier alpha value is -4.40. The third-order valence-corrected chi connectivity index (χ3v) is 3.84. The Morgan fingerprint density at radius 2 is 1.59 bits per heavy atom. The number of phenols is 1. The van der Waals surface area contributed by atoms with Gasteiger partial charge in [-0.05, 0) is 42.5 Å². The van der Waals surface area contributed by atoms with Crippen LogP contribution in [0.4, 0.5) is 0 Å². The van der Waals surface area contributed by atoms with Crippen LogP contribution in [0.15, 0.2) is 64.1 Å². The van der Waals surface area contributed by atoms with E-state index in [2.05, 4.69) is 10.5 Å². The monoisotopic (exact) mass is 394 g/mol. The van der Waals surface area contributed by atoms with Crippen molar-refractivity contribution in [2.24, 2.45) is 5.10 Å².